The molecule has 3 rings (SSSR count). The number of carbonyl (C=O) groups excluding carboxylic acids is 1. The Bertz CT molecular complexity index is 786. The molecule has 8 heteroatoms. The molecule has 29 heavy (non-hydrogen) atoms. The molecule has 0 unspecified atom stereocenters. The van der Waals surface area contributed by atoms with E-state index in [9.17, 15) is 9.18 Å². The molecule has 1 aliphatic heterocycles. The fraction of sp³-hybridized carbons (Fsp3) is 0.429. The second-order valence-electron chi connectivity index (χ2n) is 6.85. The molecule has 1 aromatic heterocycles. The number of carbonyl (C=O) groups is 1. The minimum Gasteiger partial charge on any atom is -0.368 e. The lowest BCUT2D eigenvalue weighted by Gasteiger charge is -2.36. The third-order valence-corrected chi connectivity index (χ3v) is 5.86. The van der Waals surface area contributed by atoms with Crippen LogP contribution < -0.4 is 15.5 Å². The molecule has 1 saturated heterocycles. The van der Waals surface area contributed by atoms with E-state index in [-0.39, 0.29) is 11.7 Å². The van der Waals surface area contributed by atoms with Gasteiger partial charge in [-0.3, -0.25) is 9.79 Å². The van der Waals surface area contributed by atoms with Gasteiger partial charge in [0.15, 0.2) is 5.96 Å². The van der Waals surface area contributed by atoms with Crippen LogP contribution in [0.2, 0.25) is 0 Å². The first kappa shape index (κ1) is 21.1. The summed E-state index contributed by atoms with van der Waals surface area (Å²) in [4.78, 5) is 22.1. The number of nitrogens with one attached hydrogen (secondary N) is 2. The van der Waals surface area contributed by atoms with Gasteiger partial charge in [-0.15, -0.1) is 11.3 Å². The van der Waals surface area contributed by atoms with Gasteiger partial charge >= 0.3 is 0 Å². The molecular formula is C21H28FN5OS. The lowest BCUT2D eigenvalue weighted by molar-refractivity contribution is -0.131. The molecule has 6 nitrogen and oxygen atoms in total. The molecule has 2 aromatic rings. The van der Waals surface area contributed by atoms with Crippen molar-refractivity contribution in [1.29, 1.82) is 0 Å². The molecule has 0 aliphatic carbocycles. The Morgan fingerprint density at radius 2 is 1.83 bits per heavy atom. The molecule has 1 amide bonds. The highest BCUT2D eigenvalue weighted by molar-refractivity contribution is 7.09. The quantitative estimate of drug-likeness (QED) is 0.536. The van der Waals surface area contributed by atoms with Crippen LogP contribution in [-0.4, -0.2) is 63.1 Å². The summed E-state index contributed by atoms with van der Waals surface area (Å²) >= 11 is 1.75. The van der Waals surface area contributed by atoms with Crippen molar-refractivity contribution in [1.82, 2.24) is 15.5 Å². The molecule has 0 spiro atoms. The van der Waals surface area contributed by atoms with Gasteiger partial charge in [-0.05, 0) is 42.1 Å². The van der Waals surface area contributed by atoms with Crippen LogP contribution >= 0.6 is 11.3 Å². The molecule has 2 heterocycles. The summed E-state index contributed by atoms with van der Waals surface area (Å²) in [5.41, 5.74) is 0.998. The summed E-state index contributed by atoms with van der Waals surface area (Å²) in [6.07, 6.45) is 1.39. The van der Waals surface area contributed by atoms with Crippen LogP contribution in [0.15, 0.2) is 46.8 Å². The van der Waals surface area contributed by atoms with Gasteiger partial charge in [0.25, 0.3) is 0 Å². The summed E-state index contributed by atoms with van der Waals surface area (Å²) in [6.45, 7) is 4.25. The fourth-order valence-corrected chi connectivity index (χ4v) is 4.00. The van der Waals surface area contributed by atoms with E-state index in [2.05, 4.69) is 38.0 Å². The van der Waals surface area contributed by atoms with Crippen LogP contribution in [0.3, 0.4) is 0 Å². The number of benzene rings is 1. The molecular weight excluding hydrogens is 389 g/mol. The number of nitrogens with zero attached hydrogens (tertiary/aromatic N) is 3. The van der Waals surface area contributed by atoms with Crippen molar-refractivity contribution >= 4 is 28.9 Å². The van der Waals surface area contributed by atoms with Crippen LogP contribution in [0.5, 0.6) is 0 Å². The number of anilines is 1. The smallest absolute Gasteiger partial charge is 0.224 e. The van der Waals surface area contributed by atoms with Crippen LogP contribution in [0.1, 0.15) is 11.3 Å². The maximum absolute atomic E-state index is 13.1. The van der Waals surface area contributed by atoms with E-state index in [1.54, 1.807) is 30.5 Å². The predicted molar refractivity (Wildman–Crippen MR) is 117 cm³/mol. The van der Waals surface area contributed by atoms with E-state index in [1.165, 1.54) is 17.0 Å². The first-order valence-electron chi connectivity index (χ1n) is 9.91. The van der Waals surface area contributed by atoms with Crippen molar-refractivity contribution in [3.8, 4) is 0 Å². The molecule has 1 aliphatic rings. The van der Waals surface area contributed by atoms with E-state index < -0.39 is 0 Å². The topological polar surface area (TPSA) is 60.0 Å². The number of hydrogen-bond donors (Lipinski definition) is 2. The number of aliphatic imine (C=N–C) groups is 1. The standard InChI is InChI=1S/C21H28FN5OS/c1-23-21(24-10-8-19-3-2-16-29-19)25-11-9-20(28)27-14-12-26(13-15-27)18-6-4-17(22)5-7-18/h2-7,16H,8-15H2,1H3,(H2,23,24,25). The fourth-order valence-electron chi connectivity index (χ4n) is 3.29. The molecule has 2 N–H and O–H groups in total. The highest BCUT2D eigenvalue weighted by atomic mass is 32.1. The maximum atomic E-state index is 13.1. The Morgan fingerprint density at radius 1 is 1.10 bits per heavy atom. The second kappa shape index (κ2) is 10.8. The van der Waals surface area contributed by atoms with E-state index in [1.807, 2.05) is 4.90 Å². The Morgan fingerprint density at radius 3 is 2.48 bits per heavy atom. The van der Waals surface area contributed by atoms with Gasteiger partial charge in [-0.1, -0.05) is 6.07 Å². The zero-order chi connectivity index (χ0) is 20.5. The number of guanidine groups is 1. The minimum absolute atomic E-state index is 0.144. The zero-order valence-corrected chi connectivity index (χ0v) is 17.6. The van der Waals surface area contributed by atoms with Gasteiger partial charge in [0, 0.05) is 63.3 Å². The lowest BCUT2D eigenvalue weighted by Crippen LogP contribution is -2.49. The minimum atomic E-state index is -0.230. The van der Waals surface area contributed by atoms with Gasteiger partial charge in [-0.25, -0.2) is 4.39 Å². The van der Waals surface area contributed by atoms with E-state index >= 15 is 0 Å². The number of halogens is 1. The van der Waals surface area contributed by atoms with E-state index in [4.69, 9.17) is 0 Å². The summed E-state index contributed by atoms with van der Waals surface area (Å²) < 4.78 is 13.1. The third-order valence-electron chi connectivity index (χ3n) is 4.92. The zero-order valence-electron chi connectivity index (χ0n) is 16.7. The monoisotopic (exact) mass is 417 g/mol. The number of rotatable bonds is 7. The van der Waals surface area contributed by atoms with Crippen molar-refractivity contribution in [2.24, 2.45) is 4.99 Å². The van der Waals surface area contributed by atoms with Crippen molar-refractivity contribution in [3.63, 3.8) is 0 Å². The van der Waals surface area contributed by atoms with Gasteiger partial charge in [0.2, 0.25) is 5.91 Å². The lowest BCUT2D eigenvalue weighted by atomic mass is 10.2. The number of hydrogen-bond acceptors (Lipinski definition) is 4. The van der Waals surface area contributed by atoms with Crippen LogP contribution in [-0.2, 0) is 11.2 Å². The Labute approximate surface area is 175 Å². The highest BCUT2D eigenvalue weighted by Gasteiger charge is 2.21. The van der Waals surface area contributed by atoms with Gasteiger partial charge in [0.05, 0.1) is 0 Å². The normalized spacial score (nSPS) is 14.8. The largest absolute Gasteiger partial charge is 0.368 e. The Balaban J connectivity index is 1.33. The highest BCUT2D eigenvalue weighted by Crippen LogP contribution is 2.17. The van der Waals surface area contributed by atoms with Gasteiger partial charge in [-0.2, -0.15) is 0 Å². The number of piperazine rings is 1. The second-order valence-corrected chi connectivity index (χ2v) is 7.88. The van der Waals surface area contributed by atoms with Gasteiger partial charge < -0.3 is 20.4 Å². The molecule has 1 aromatic carbocycles. The van der Waals surface area contributed by atoms with Crippen molar-refractivity contribution in [2.75, 3.05) is 51.2 Å². The first-order chi connectivity index (χ1) is 14.2. The number of thiophene rings is 1. The first-order valence-corrected chi connectivity index (χ1v) is 10.8. The summed E-state index contributed by atoms with van der Waals surface area (Å²) in [6, 6.07) is 10.7. The van der Waals surface area contributed by atoms with Crippen molar-refractivity contribution < 1.29 is 9.18 Å². The van der Waals surface area contributed by atoms with E-state index in [0.29, 0.717) is 26.1 Å². The predicted octanol–water partition coefficient (Wildman–Crippen LogP) is 2.33. The molecule has 156 valence electrons. The van der Waals surface area contributed by atoms with Crippen LogP contribution in [0, 0.1) is 5.82 Å². The van der Waals surface area contributed by atoms with Crippen molar-refractivity contribution in [3.05, 3.63) is 52.5 Å². The SMILES string of the molecule is CN=C(NCCC(=O)N1CCN(c2ccc(F)cc2)CC1)NCCc1cccs1. The average molecular weight is 418 g/mol. The molecule has 0 saturated carbocycles. The number of amides is 1. The summed E-state index contributed by atoms with van der Waals surface area (Å²) in [5, 5.41) is 8.56. The van der Waals surface area contributed by atoms with Crippen LogP contribution in [0.4, 0.5) is 10.1 Å². The molecule has 0 bridgehead atoms. The molecule has 0 radical (unpaired) electrons. The van der Waals surface area contributed by atoms with Crippen molar-refractivity contribution in [2.45, 2.75) is 12.8 Å². The molecule has 1 fully saturated rings. The van der Waals surface area contributed by atoms with Crippen LogP contribution in [0.25, 0.3) is 0 Å². The third kappa shape index (κ3) is 6.45. The molecule has 0 atom stereocenters. The van der Waals surface area contributed by atoms with E-state index in [0.717, 1.165) is 37.7 Å². The Hall–Kier alpha value is -2.61. The summed E-state index contributed by atoms with van der Waals surface area (Å²) in [7, 11) is 1.73. The average Bonchev–Trinajstić information content (AvgIpc) is 3.27. The maximum Gasteiger partial charge on any atom is 0.224 e. The summed E-state index contributed by atoms with van der Waals surface area (Å²) in [5.74, 6) is 0.631. The Kier molecular flexibility index (Phi) is 7.86. The van der Waals surface area contributed by atoms with Gasteiger partial charge in [0.1, 0.15) is 5.82 Å².